The van der Waals surface area contributed by atoms with E-state index in [0.29, 0.717) is 0 Å². The number of pyridine rings is 1. The second-order valence-electron chi connectivity index (χ2n) is 9.77. The lowest BCUT2D eigenvalue weighted by Crippen LogP contribution is -1.95. The number of benzene rings is 4. The van der Waals surface area contributed by atoms with Crippen molar-refractivity contribution in [2.75, 3.05) is 0 Å². The van der Waals surface area contributed by atoms with Crippen molar-refractivity contribution in [3.05, 3.63) is 146 Å². The molecule has 3 heteroatoms. The van der Waals surface area contributed by atoms with Crippen LogP contribution in [0.3, 0.4) is 0 Å². The molecule has 3 heterocycles. The van der Waals surface area contributed by atoms with Gasteiger partial charge in [0.25, 0.3) is 0 Å². The fourth-order valence-corrected chi connectivity index (χ4v) is 5.86. The second kappa shape index (κ2) is 9.30. The lowest BCUT2D eigenvalue weighted by atomic mass is 10.1. The van der Waals surface area contributed by atoms with Crippen molar-refractivity contribution < 1.29 is 0 Å². The summed E-state index contributed by atoms with van der Waals surface area (Å²) < 4.78 is 4.70. The Bertz CT molecular complexity index is 2070. The topological polar surface area (TPSA) is 22.8 Å². The number of aromatic nitrogens is 3. The Morgan fingerprint density at radius 2 is 1.33 bits per heavy atom. The van der Waals surface area contributed by atoms with Crippen LogP contribution < -0.4 is 0 Å². The van der Waals surface area contributed by atoms with Crippen LogP contribution >= 0.6 is 0 Å². The summed E-state index contributed by atoms with van der Waals surface area (Å²) in [5, 5.41) is 5.02. The van der Waals surface area contributed by atoms with E-state index in [1.807, 2.05) is 30.6 Å². The van der Waals surface area contributed by atoms with Gasteiger partial charge in [0.2, 0.25) is 0 Å². The number of para-hydroxylation sites is 2. The van der Waals surface area contributed by atoms with Crippen LogP contribution in [0.5, 0.6) is 0 Å². The fraction of sp³-hybridized carbons (Fsp3) is 0.0278. The average molecular weight is 502 g/mol. The molecule has 0 bridgehead atoms. The molecule has 0 unspecified atom stereocenters. The van der Waals surface area contributed by atoms with Gasteiger partial charge in [-0.1, -0.05) is 85.5 Å². The zero-order valence-electron chi connectivity index (χ0n) is 21.8. The molecule has 0 saturated heterocycles. The van der Waals surface area contributed by atoms with E-state index in [-0.39, 0.29) is 0 Å². The van der Waals surface area contributed by atoms with Gasteiger partial charge in [0.1, 0.15) is 0 Å². The van der Waals surface area contributed by atoms with Gasteiger partial charge in [0.05, 0.1) is 34.0 Å². The van der Waals surface area contributed by atoms with Crippen LogP contribution in [-0.4, -0.2) is 14.1 Å². The molecule has 0 fully saturated rings. The molecular formula is C36H27N3. The third-order valence-corrected chi connectivity index (χ3v) is 7.56. The predicted octanol–water partition coefficient (Wildman–Crippen LogP) is 9.42. The molecule has 0 aliphatic heterocycles. The Kier molecular flexibility index (Phi) is 5.49. The van der Waals surface area contributed by atoms with E-state index in [1.54, 1.807) is 0 Å². The lowest BCUT2D eigenvalue weighted by Gasteiger charge is -2.09. The molecule has 0 atom stereocenters. The quantitative estimate of drug-likeness (QED) is 0.215. The summed E-state index contributed by atoms with van der Waals surface area (Å²) >= 11 is 0. The Hall–Kier alpha value is -5.15. The number of fused-ring (bicyclic) bond motifs is 7. The minimum Gasteiger partial charge on any atom is -0.313 e. The minimum absolute atomic E-state index is 1.06. The third kappa shape index (κ3) is 3.63. The van der Waals surface area contributed by atoms with Crippen LogP contribution in [0, 0.1) is 0 Å². The first-order valence-corrected chi connectivity index (χ1v) is 13.2. The molecular weight excluding hydrogens is 474 g/mol. The van der Waals surface area contributed by atoms with E-state index in [4.69, 9.17) is 0 Å². The molecule has 186 valence electrons. The maximum atomic E-state index is 4.41. The van der Waals surface area contributed by atoms with E-state index < -0.39 is 0 Å². The van der Waals surface area contributed by atoms with Crippen molar-refractivity contribution >= 4 is 54.9 Å². The van der Waals surface area contributed by atoms with Gasteiger partial charge in [-0.2, -0.15) is 0 Å². The molecule has 3 aromatic heterocycles. The van der Waals surface area contributed by atoms with Gasteiger partial charge in [-0.05, 0) is 60.5 Å². The highest BCUT2D eigenvalue weighted by atomic mass is 15.0. The fourth-order valence-electron chi connectivity index (χ4n) is 5.86. The number of hydrogen-bond acceptors (Lipinski definition) is 1. The summed E-state index contributed by atoms with van der Waals surface area (Å²) in [5.74, 6) is 0. The van der Waals surface area contributed by atoms with Gasteiger partial charge >= 0.3 is 0 Å². The summed E-state index contributed by atoms with van der Waals surface area (Å²) in [6.45, 7) is 6.24. The molecule has 0 radical (unpaired) electrons. The van der Waals surface area contributed by atoms with Gasteiger partial charge in [0.15, 0.2) is 0 Å². The number of nitrogens with zero attached hydrogens (tertiary/aromatic N) is 3. The Labute approximate surface area is 227 Å². The smallest absolute Gasteiger partial charge is 0.0645 e. The number of allylic oxidation sites excluding steroid dienone is 5. The Morgan fingerprint density at radius 1 is 0.667 bits per heavy atom. The van der Waals surface area contributed by atoms with E-state index in [9.17, 15) is 0 Å². The zero-order valence-corrected chi connectivity index (χ0v) is 21.8. The summed E-state index contributed by atoms with van der Waals surface area (Å²) in [4.78, 5) is 4.41. The molecule has 0 aliphatic carbocycles. The predicted molar refractivity (Wildman–Crippen MR) is 166 cm³/mol. The highest BCUT2D eigenvalue weighted by Gasteiger charge is 2.19. The minimum atomic E-state index is 1.06. The van der Waals surface area contributed by atoms with Crippen molar-refractivity contribution in [2.45, 2.75) is 6.92 Å². The van der Waals surface area contributed by atoms with E-state index >= 15 is 0 Å². The van der Waals surface area contributed by atoms with E-state index in [0.717, 1.165) is 22.5 Å². The molecule has 0 amide bonds. The maximum absolute atomic E-state index is 4.41. The molecule has 7 aromatic rings. The molecule has 0 saturated carbocycles. The summed E-state index contributed by atoms with van der Waals surface area (Å²) in [6, 6.07) is 36.4. The lowest BCUT2D eigenvalue weighted by molar-refractivity contribution is 1.14. The van der Waals surface area contributed by atoms with Crippen LogP contribution in [0.1, 0.15) is 12.5 Å². The molecule has 4 aromatic carbocycles. The van der Waals surface area contributed by atoms with Crippen molar-refractivity contribution in [3.63, 3.8) is 0 Å². The monoisotopic (exact) mass is 501 g/mol. The first kappa shape index (κ1) is 23.0. The SMILES string of the molecule is C=C/C(=C\C=C(/C)n1c2ccccc2c2c3c4ccccc4n(-c4cccnc4)c3ccc21)c1ccccc1. The van der Waals surface area contributed by atoms with Crippen LogP contribution in [0.25, 0.3) is 60.6 Å². The first-order chi connectivity index (χ1) is 19.3. The van der Waals surface area contributed by atoms with Gasteiger partial charge in [-0.15, -0.1) is 0 Å². The number of rotatable bonds is 5. The standard InChI is InChI=1S/C36H27N3/c1-3-26(27-12-5-4-6-13-27)20-19-25(2)38-31-17-9-7-15-29(31)35-33(38)21-22-34-36(35)30-16-8-10-18-32(30)39(34)28-14-11-23-37-24-28/h3-24H,1H2,2H3/b25-19+,26-20+. The van der Waals surface area contributed by atoms with Crippen molar-refractivity contribution in [1.82, 2.24) is 14.1 Å². The summed E-state index contributed by atoms with van der Waals surface area (Å²) in [6.07, 6.45) is 10.0. The average Bonchev–Trinajstić information content (AvgIpc) is 3.51. The first-order valence-electron chi connectivity index (χ1n) is 13.2. The van der Waals surface area contributed by atoms with Crippen LogP contribution in [0.2, 0.25) is 0 Å². The molecule has 3 nitrogen and oxygen atoms in total. The normalized spacial score (nSPS) is 12.6. The van der Waals surface area contributed by atoms with Gasteiger partial charge in [0, 0.05) is 33.4 Å². The van der Waals surface area contributed by atoms with Gasteiger partial charge in [-0.3, -0.25) is 4.98 Å². The molecule has 7 rings (SSSR count). The van der Waals surface area contributed by atoms with E-state index in [1.165, 1.54) is 43.6 Å². The third-order valence-electron chi connectivity index (χ3n) is 7.56. The van der Waals surface area contributed by atoms with Crippen LogP contribution in [0.15, 0.2) is 140 Å². The Morgan fingerprint density at radius 3 is 2.08 bits per heavy atom. The summed E-state index contributed by atoms with van der Waals surface area (Å²) in [7, 11) is 0. The summed E-state index contributed by atoms with van der Waals surface area (Å²) in [5.41, 5.74) is 9.21. The van der Waals surface area contributed by atoms with Gasteiger partial charge in [-0.25, -0.2) is 0 Å². The van der Waals surface area contributed by atoms with Crippen LogP contribution in [-0.2, 0) is 0 Å². The highest BCUT2D eigenvalue weighted by molar-refractivity contribution is 6.29. The maximum Gasteiger partial charge on any atom is 0.0645 e. The zero-order chi connectivity index (χ0) is 26.3. The van der Waals surface area contributed by atoms with Crippen LogP contribution in [0.4, 0.5) is 0 Å². The Balaban J connectivity index is 1.54. The van der Waals surface area contributed by atoms with E-state index in [2.05, 4.69) is 131 Å². The van der Waals surface area contributed by atoms with Crippen molar-refractivity contribution in [2.24, 2.45) is 0 Å². The largest absolute Gasteiger partial charge is 0.313 e. The highest BCUT2D eigenvalue weighted by Crippen LogP contribution is 2.42. The number of hydrogen-bond donors (Lipinski definition) is 0. The van der Waals surface area contributed by atoms with Gasteiger partial charge < -0.3 is 9.13 Å². The second-order valence-corrected chi connectivity index (χ2v) is 9.77. The van der Waals surface area contributed by atoms with Crippen molar-refractivity contribution in [1.29, 1.82) is 0 Å². The molecule has 39 heavy (non-hydrogen) atoms. The van der Waals surface area contributed by atoms with Crippen molar-refractivity contribution in [3.8, 4) is 5.69 Å². The molecule has 0 aliphatic rings. The molecule has 0 spiro atoms. The molecule has 0 N–H and O–H groups in total.